The molecule has 1 saturated heterocycles. The largest absolute Gasteiger partial charge is 0.467 e. The molecular formula is C22H27N3O5S. The second-order valence-corrected chi connectivity index (χ2v) is 9.51. The van der Waals surface area contributed by atoms with E-state index in [1.165, 1.54) is 23.5 Å². The molecule has 0 bridgehead atoms. The van der Waals surface area contributed by atoms with Crippen LogP contribution in [0.4, 0.5) is 5.69 Å². The summed E-state index contributed by atoms with van der Waals surface area (Å²) in [5.41, 5.74) is 8.02. The Hall–Kier alpha value is -2.91. The summed E-state index contributed by atoms with van der Waals surface area (Å²) in [7, 11) is -2.59. The minimum Gasteiger partial charge on any atom is -0.467 e. The molecule has 8 nitrogen and oxygen atoms in total. The van der Waals surface area contributed by atoms with Gasteiger partial charge in [-0.2, -0.15) is 4.31 Å². The van der Waals surface area contributed by atoms with E-state index in [9.17, 15) is 18.0 Å². The maximum absolute atomic E-state index is 13.1. The van der Waals surface area contributed by atoms with Crippen molar-refractivity contribution in [2.75, 3.05) is 19.4 Å². The SMILES string of the molecule is COC(=O)[C@H](Cc1ccc(N)cc1)NC(=O)[C@@H]1CCCN1S(=O)(=O)c1ccc(C)cc1. The number of hydrogen-bond donors (Lipinski definition) is 2. The number of amides is 1. The number of rotatable bonds is 7. The number of benzene rings is 2. The van der Waals surface area contributed by atoms with Crippen LogP contribution in [0.25, 0.3) is 0 Å². The van der Waals surface area contributed by atoms with Gasteiger partial charge in [-0.3, -0.25) is 4.79 Å². The summed E-state index contributed by atoms with van der Waals surface area (Å²) in [5.74, 6) is -1.12. The van der Waals surface area contributed by atoms with Crippen molar-refractivity contribution >= 4 is 27.6 Å². The quantitative estimate of drug-likeness (QED) is 0.494. The zero-order chi connectivity index (χ0) is 22.6. The second-order valence-electron chi connectivity index (χ2n) is 7.62. The van der Waals surface area contributed by atoms with Crippen LogP contribution < -0.4 is 11.1 Å². The Morgan fingerprint density at radius 1 is 1.16 bits per heavy atom. The highest BCUT2D eigenvalue weighted by Gasteiger charge is 2.40. The number of anilines is 1. The Bertz CT molecular complexity index is 1040. The van der Waals surface area contributed by atoms with Gasteiger partial charge in [-0.15, -0.1) is 0 Å². The summed E-state index contributed by atoms with van der Waals surface area (Å²) in [6.07, 6.45) is 1.15. The van der Waals surface area contributed by atoms with E-state index in [-0.39, 0.29) is 17.9 Å². The average molecular weight is 446 g/mol. The van der Waals surface area contributed by atoms with Crippen LogP contribution in [0.5, 0.6) is 0 Å². The van der Waals surface area contributed by atoms with Crippen molar-refractivity contribution in [2.24, 2.45) is 0 Å². The van der Waals surface area contributed by atoms with Gasteiger partial charge in [0.15, 0.2) is 0 Å². The first-order chi connectivity index (χ1) is 14.7. The van der Waals surface area contributed by atoms with Gasteiger partial charge in [0.1, 0.15) is 12.1 Å². The summed E-state index contributed by atoms with van der Waals surface area (Å²) < 4.78 is 32.3. The van der Waals surface area contributed by atoms with Gasteiger partial charge in [-0.05, 0) is 49.6 Å². The Kier molecular flexibility index (Phi) is 6.97. The third-order valence-electron chi connectivity index (χ3n) is 5.36. The van der Waals surface area contributed by atoms with Gasteiger partial charge in [0.2, 0.25) is 15.9 Å². The van der Waals surface area contributed by atoms with Crippen LogP contribution in [-0.4, -0.2) is 50.3 Å². The first kappa shape index (κ1) is 22.8. The maximum Gasteiger partial charge on any atom is 0.328 e. The summed E-state index contributed by atoms with van der Waals surface area (Å²) in [6.45, 7) is 2.12. The number of methoxy groups -OCH3 is 1. The van der Waals surface area contributed by atoms with E-state index < -0.39 is 34.0 Å². The highest BCUT2D eigenvalue weighted by molar-refractivity contribution is 7.89. The monoisotopic (exact) mass is 445 g/mol. The Morgan fingerprint density at radius 3 is 2.42 bits per heavy atom. The zero-order valence-electron chi connectivity index (χ0n) is 17.6. The molecule has 9 heteroatoms. The number of carbonyl (C=O) groups is 2. The smallest absolute Gasteiger partial charge is 0.328 e. The predicted molar refractivity (Wildman–Crippen MR) is 117 cm³/mol. The summed E-state index contributed by atoms with van der Waals surface area (Å²) in [4.78, 5) is 25.4. The van der Waals surface area contributed by atoms with Gasteiger partial charge in [-0.1, -0.05) is 29.8 Å². The molecule has 3 N–H and O–H groups in total. The van der Waals surface area contributed by atoms with Crippen molar-refractivity contribution in [1.82, 2.24) is 9.62 Å². The third kappa shape index (κ3) is 5.23. The van der Waals surface area contributed by atoms with E-state index in [2.05, 4.69) is 5.32 Å². The summed E-state index contributed by atoms with van der Waals surface area (Å²) in [6, 6.07) is 11.6. The van der Waals surface area contributed by atoms with Crippen molar-refractivity contribution in [2.45, 2.75) is 43.2 Å². The molecule has 0 radical (unpaired) electrons. The highest BCUT2D eigenvalue weighted by atomic mass is 32.2. The molecule has 0 saturated carbocycles. The van der Waals surface area contributed by atoms with Crippen LogP contribution in [0.15, 0.2) is 53.4 Å². The molecule has 1 heterocycles. The zero-order valence-corrected chi connectivity index (χ0v) is 18.4. The van der Waals surface area contributed by atoms with E-state index in [0.29, 0.717) is 18.5 Å². The lowest BCUT2D eigenvalue weighted by Gasteiger charge is -2.25. The predicted octanol–water partition coefficient (Wildman–Crippen LogP) is 1.63. The maximum atomic E-state index is 13.1. The van der Waals surface area contributed by atoms with E-state index >= 15 is 0 Å². The normalized spacial score (nSPS) is 17.8. The Morgan fingerprint density at radius 2 is 1.81 bits per heavy atom. The lowest BCUT2D eigenvalue weighted by Crippen LogP contribution is -2.51. The van der Waals surface area contributed by atoms with Crippen molar-refractivity contribution in [3.63, 3.8) is 0 Å². The lowest BCUT2D eigenvalue weighted by atomic mass is 10.0. The molecule has 0 aromatic heterocycles. The molecule has 2 aromatic carbocycles. The number of nitrogens with one attached hydrogen (secondary N) is 1. The van der Waals surface area contributed by atoms with Gasteiger partial charge in [0, 0.05) is 18.7 Å². The fraction of sp³-hybridized carbons (Fsp3) is 0.364. The molecular weight excluding hydrogens is 418 g/mol. The first-order valence-corrected chi connectivity index (χ1v) is 11.5. The van der Waals surface area contributed by atoms with E-state index in [1.54, 1.807) is 36.4 Å². The van der Waals surface area contributed by atoms with Gasteiger partial charge >= 0.3 is 5.97 Å². The van der Waals surface area contributed by atoms with Crippen LogP contribution in [0.3, 0.4) is 0 Å². The number of esters is 1. The molecule has 1 amide bonds. The molecule has 0 unspecified atom stereocenters. The van der Waals surface area contributed by atoms with E-state index in [4.69, 9.17) is 10.5 Å². The standard InChI is InChI=1S/C22H27N3O5S/c1-15-5-11-18(12-6-15)31(28,29)25-13-3-4-20(25)21(26)24-19(22(27)30-2)14-16-7-9-17(23)10-8-16/h5-12,19-20H,3-4,13-14,23H2,1-2H3,(H,24,26)/t19-,20-/m0/s1. The van der Waals surface area contributed by atoms with Crippen LogP contribution in [0.2, 0.25) is 0 Å². The van der Waals surface area contributed by atoms with Crippen LogP contribution >= 0.6 is 0 Å². The lowest BCUT2D eigenvalue weighted by molar-refractivity contribution is -0.145. The topological polar surface area (TPSA) is 119 Å². The molecule has 166 valence electrons. The molecule has 1 aliphatic rings. The number of hydrogen-bond acceptors (Lipinski definition) is 6. The number of nitrogens with two attached hydrogens (primary N) is 1. The van der Waals surface area contributed by atoms with Gasteiger partial charge in [0.25, 0.3) is 0 Å². The van der Waals surface area contributed by atoms with Crippen LogP contribution in [0, 0.1) is 6.92 Å². The molecule has 1 aliphatic heterocycles. The third-order valence-corrected chi connectivity index (χ3v) is 7.28. The Balaban J connectivity index is 1.78. The molecule has 0 aliphatic carbocycles. The molecule has 3 rings (SSSR count). The van der Waals surface area contributed by atoms with Crippen molar-refractivity contribution in [3.8, 4) is 0 Å². The fourth-order valence-corrected chi connectivity index (χ4v) is 5.28. The number of carbonyl (C=O) groups excluding carboxylic acids is 2. The molecule has 2 aromatic rings. The van der Waals surface area contributed by atoms with Crippen molar-refractivity contribution < 1.29 is 22.7 Å². The van der Waals surface area contributed by atoms with Gasteiger partial charge in [0.05, 0.1) is 12.0 Å². The van der Waals surface area contributed by atoms with Crippen molar-refractivity contribution in [1.29, 1.82) is 0 Å². The summed E-state index contributed by atoms with van der Waals surface area (Å²) in [5, 5.41) is 2.68. The van der Waals surface area contributed by atoms with Crippen LogP contribution in [-0.2, 0) is 30.8 Å². The minimum atomic E-state index is -3.83. The van der Waals surface area contributed by atoms with Crippen LogP contribution in [0.1, 0.15) is 24.0 Å². The number of nitrogens with zero attached hydrogens (tertiary/aromatic N) is 1. The molecule has 0 spiro atoms. The van der Waals surface area contributed by atoms with Gasteiger partial charge in [-0.25, -0.2) is 13.2 Å². The second kappa shape index (κ2) is 9.49. The number of ether oxygens (including phenoxy) is 1. The first-order valence-electron chi connectivity index (χ1n) is 10.0. The van der Waals surface area contributed by atoms with Gasteiger partial charge < -0.3 is 15.8 Å². The Labute approximate surface area is 182 Å². The molecule has 1 fully saturated rings. The van der Waals surface area contributed by atoms with E-state index in [0.717, 1.165) is 11.1 Å². The minimum absolute atomic E-state index is 0.143. The highest BCUT2D eigenvalue weighted by Crippen LogP contribution is 2.26. The fourth-order valence-electron chi connectivity index (χ4n) is 3.63. The van der Waals surface area contributed by atoms with Crippen molar-refractivity contribution in [3.05, 3.63) is 59.7 Å². The summed E-state index contributed by atoms with van der Waals surface area (Å²) >= 11 is 0. The molecule has 31 heavy (non-hydrogen) atoms. The molecule has 2 atom stereocenters. The number of sulfonamides is 1. The number of nitrogen functional groups attached to an aromatic ring is 1. The van der Waals surface area contributed by atoms with E-state index in [1.807, 2.05) is 6.92 Å². The average Bonchev–Trinajstić information content (AvgIpc) is 3.25. The number of aryl methyl sites for hydroxylation is 1.